The van der Waals surface area contributed by atoms with Gasteiger partial charge in [0.25, 0.3) is 5.91 Å². The summed E-state index contributed by atoms with van der Waals surface area (Å²) in [6.45, 7) is 0.931. The Morgan fingerprint density at radius 3 is 2.60 bits per heavy atom. The van der Waals surface area contributed by atoms with Crippen LogP contribution in [0.5, 0.6) is 0 Å². The van der Waals surface area contributed by atoms with Gasteiger partial charge in [-0.1, -0.05) is 0 Å². The van der Waals surface area contributed by atoms with Gasteiger partial charge in [-0.3, -0.25) is 9.59 Å². The van der Waals surface area contributed by atoms with Crippen LogP contribution in [0.4, 0.5) is 4.39 Å². The molecule has 0 aliphatic carbocycles. The van der Waals surface area contributed by atoms with Crippen molar-refractivity contribution in [3.05, 3.63) is 29.6 Å². The number of likely N-dealkylation sites (tertiary alicyclic amines) is 1. The lowest BCUT2D eigenvalue weighted by atomic mass is 9.95. The van der Waals surface area contributed by atoms with Crippen LogP contribution in [0, 0.1) is 11.7 Å². The third-order valence-corrected chi connectivity index (χ3v) is 3.86. The van der Waals surface area contributed by atoms with Crippen molar-refractivity contribution in [1.82, 2.24) is 10.2 Å². The second kappa shape index (κ2) is 6.26. The van der Waals surface area contributed by atoms with Gasteiger partial charge in [0.2, 0.25) is 5.91 Å². The molecule has 0 radical (unpaired) electrons. The van der Waals surface area contributed by atoms with Crippen LogP contribution < -0.4 is 5.32 Å². The smallest absolute Gasteiger partial charge is 0.256 e. The zero-order valence-corrected chi connectivity index (χ0v) is 12.1. The van der Waals surface area contributed by atoms with E-state index < -0.39 is 5.82 Å². The monoisotopic (exact) mass is 296 g/mol. The molecule has 1 N–H and O–H groups in total. The highest BCUT2D eigenvalue weighted by Crippen LogP contribution is 2.21. The number of carbonyl (C=O) groups is 2. The molecular weight excluding hydrogens is 279 g/mol. The second-order valence-electron chi connectivity index (χ2n) is 4.84. The number of rotatable bonds is 2. The molecule has 108 valence electrons. The molecule has 1 saturated heterocycles. The lowest BCUT2D eigenvalue weighted by Gasteiger charge is -2.31. The molecule has 0 aromatic heterocycles. The van der Waals surface area contributed by atoms with Crippen LogP contribution >= 0.6 is 12.6 Å². The fourth-order valence-corrected chi connectivity index (χ4v) is 2.60. The van der Waals surface area contributed by atoms with Crippen molar-refractivity contribution in [2.24, 2.45) is 5.92 Å². The summed E-state index contributed by atoms with van der Waals surface area (Å²) in [7, 11) is 1.60. The number of halogens is 1. The van der Waals surface area contributed by atoms with Crippen LogP contribution in [0.2, 0.25) is 0 Å². The van der Waals surface area contributed by atoms with Gasteiger partial charge >= 0.3 is 0 Å². The summed E-state index contributed by atoms with van der Waals surface area (Å²) < 4.78 is 13.7. The van der Waals surface area contributed by atoms with Crippen molar-refractivity contribution in [2.45, 2.75) is 17.7 Å². The second-order valence-corrected chi connectivity index (χ2v) is 5.36. The van der Waals surface area contributed by atoms with Crippen molar-refractivity contribution >= 4 is 24.4 Å². The Morgan fingerprint density at radius 1 is 1.35 bits per heavy atom. The SMILES string of the molecule is CNC(=O)C1CCN(C(=O)c2cc(S)ccc2F)CC1. The third-order valence-electron chi connectivity index (χ3n) is 3.58. The van der Waals surface area contributed by atoms with E-state index in [2.05, 4.69) is 17.9 Å². The van der Waals surface area contributed by atoms with Crippen LogP contribution in [-0.4, -0.2) is 36.9 Å². The zero-order valence-electron chi connectivity index (χ0n) is 11.2. The first kappa shape index (κ1) is 14.8. The van der Waals surface area contributed by atoms with Crippen LogP contribution in [0.1, 0.15) is 23.2 Å². The van der Waals surface area contributed by atoms with E-state index in [4.69, 9.17) is 0 Å². The van der Waals surface area contributed by atoms with Crippen molar-refractivity contribution < 1.29 is 14.0 Å². The molecule has 1 aliphatic rings. The van der Waals surface area contributed by atoms with Gasteiger partial charge in [0.15, 0.2) is 0 Å². The Hall–Kier alpha value is -1.56. The highest BCUT2D eigenvalue weighted by atomic mass is 32.1. The predicted molar refractivity (Wildman–Crippen MR) is 76.3 cm³/mol. The van der Waals surface area contributed by atoms with Gasteiger partial charge in [0, 0.05) is 31.0 Å². The summed E-state index contributed by atoms with van der Waals surface area (Å²) in [6.07, 6.45) is 1.21. The standard InChI is InChI=1S/C14H17FN2O2S/c1-16-13(18)9-4-6-17(7-5-9)14(19)11-8-10(20)2-3-12(11)15/h2-3,8-9,20H,4-7H2,1H3,(H,16,18). The van der Waals surface area contributed by atoms with E-state index in [0.29, 0.717) is 30.8 Å². The number of nitrogens with one attached hydrogen (secondary N) is 1. The number of piperidine rings is 1. The Bertz CT molecular complexity index is 528. The molecular formula is C14H17FN2O2S. The Morgan fingerprint density at radius 2 is 2.00 bits per heavy atom. The fourth-order valence-electron chi connectivity index (χ4n) is 2.40. The van der Waals surface area contributed by atoms with Gasteiger partial charge < -0.3 is 10.2 Å². The molecule has 0 unspecified atom stereocenters. The maximum Gasteiger partial charge on any atom is 0.256 e. The third kappa shape index (κ3) is 3.12. The lowest BCUT2D eigenvalue weighted by Crippen LogP contribution is -2.42. The number of amides is 2. The first-order valence-corrected chi connectivity index (χ1v) is 6.97. The van der Waals surface area contributed by atoms with Crippen LogP contribution in [0.25, 0.3) is 0 Å². The first-order valence-electron chi connectivity index (χ1n) is 6.52. The molecule has 1 fully saturated rings. The molecule has 2 rings (SSSR count). The molecule has 4 nitrogen and oxygen atoms in total. The summed E-state index contributed by atoms with van der Waals surface area (Å²) in [4.78, 5) is 25.9. The van der Waals surface area contributed by atoms with E-state index in [9.17, 15) is 14.0 Å². The highest BCUT2D eigenvalue weighted by Gasteiger charge is 2.28. The molecule has 0 atom stereocenters. The predicted octanol–water partition coefficient (Wildman–Crippen LogP) is 1.71. The maximum atomic E-state index is 13.7. The van der Waals surface area contributed by atoms with Crippen LogP contribution in [0.3, 0.4) is 0 Å². The van der Waals surface area contributed by atoms with Gasteiger partial charge in [-0.25, -0.2) is 4.39 Å². The molecule has 1 heterocycles. The molecule has 2 amide bonds. The Kier molecular flexibility index (Phi) is 4.65. The fraction of sp³-hybridized carbons (Fsp3) is 0.429. The van der Waals surface area contributed by atoms with Gasteiger partial charge in [-0.2, -0.15) is 0 Å². The minimum Gasteiger partial charge on any atom is -0.359 e. The average Bonchev–Trinajstić information content (AvgIpc) is 2.48. The number of hydrogen-bond acceptors (Lipinski definition) is 3. The summed E-state index contributed by atoms with van der Waals surface area (Å²) >= 11 is 4.12. The summed E-state index contributed by atoms with van der Waals surface area (Å²) in [6, 6.07) is 4.19. The summed E-state index contributed by atoms with van der Waals surface area (Å²) in [5.41, 5.74) is 0.0379. The first-order chi connectivity index (χ1) is 9.52. The quantitative estimate of drug-likeness (QED) is 0.816. The number of thiol groups is 1. The van der Waals surface area contributed by atoms with Gasteiger partial charge in [-0.05, 0) is 31.0 Å². The molecule has 1 aliphatic heterocycles. The molecule has 1 aromatic rings. The number of hydrogen-bond donors (Lipinski definition) is 2. The van der Waals surface area contributed by atoms with Crippen LogP contribution in [-0.2, 0) is 4.79 Å². The van der Waals surface area contributed by atoms with Gasteiger partial charge in [0.05, 0.1) is 5.56 Å². The molecule has 0 bridgehead atoms. The van der Waals surface area contributed by atoms with E-state index in [1.807, 2.05) is 0 Å². The minimum absolute atomic E-state index is 0.000588. The van der Waals surface area contributed by atoms with Crippen molar-refractivity contribution in [3.8, 4) is 0 Å². The largest absolute Gasteiger partial charge is 0.359 e. The average molecular weight is 296 g/mol. The Labute approximate surface area is 122 Å². The van der Waals surface area contributed by atoms with Crippen molar-refractivity contribution in [3.63, 3.8) is 0 Å². The molecule has 0 saturated carbocycles. The van der Waals surface area contributed by atoms with Gasteiger partial charge in [-0.15, -0.1) is 12.6 Å². The van der Waals surface area contributed by atoms with E-state index in [1.165, 1.54) is 18.2 Å². The normalized spacial score (nSPS) is 16.1. The lowest BCUT2D eigenvalue weighted by molar-refractivity contribution is -0.125. The Balaban J connectivity index is 2.05. The van der Waals surface area contributed by atoms with Crippen molar-refractivity contribution in [2.75, 3.05) is 20.1 Å². The van der Waals surface area contributed by atoms with E-state index in [-0.39, 0.29) is 23.3 Å². The maximum absolute atomic E-state index is 13.7. The topological polar surface area (TPSA) is 49.4 Å². The summed E-state index contributed by atoms with van der Waals surface area (Å²) in [5, 5.41) is 2.61. The highest BCUT2D eigenvalue weighted by molar-refractivity contribution is 7.80. The molecule has 0 spiro atoms. The van der Waals surface area contributed by atoms with Gasteiger partial charge in [0.1, 0.15) is 5.82 Å². The molecule has 6 heteroatoms. The van der Waals surface area contributed by atoms with Crippen LogP contribution in [0.15, 0.2) is 23.1 Å². The zero-order chi connectivity index (χ0) is 14.7. The molecule has 1 aromatic carbocycles. The minimum atomic E-state index is -0.541. The number of carbonyl (C=O) groups excluding carboxylic acids is 2. The van der Waals surface area contributed by atoms with E-state index in [0.717, 1.165) is 0 Å². The molecule has 20 heavy (non-hydrogen) atoms. The van der Waals surface area contributed by atoms with E-state index >= 15 is 0 Å². The van der Waals surface area contributed by atoms with E-state index in [1.54, 1.807) is 11.9 Å². The number of benzene rings is 1. The number of nitrogens with zero attached hydrogens (tertiary/aromatic N) is 1. The van der Waals surface area contributed by atoms with Crippen molar-refractivity contribution in [1.29, 1.82) is 0 Å². The summed E-state index contributed by atoms with van der Waals surface area (Å²) in [5.74, 6) is -0.944.